The quantitative estimate of drug-likeness (QED) is 0.707. The molecular formula is C24H27N3O4S. The van der Waals surface area contributed by atoms with Crippen molar-refractivity contribution in [3.8, 4) is 0 Å². The van der Waals surface area contributed by atoms with Crippen LogP contribution in [0.15, 0.2) is 46.3 Å². The number of benzene rings is 2. The molecule has 1 N–H and O–H groups in total. The first-order valence-corrected chi connectivity index (χ1v) is 12.4. The smallest absolute Gasteiger partial charge is 0.261 e. The Morgan fingerprint density at radius 1 is 1.00 bits per heavy atom. The van der Waals surface area contributed by atoms with Gasteiger partial charge in [-0.3, -0.25) is 19.3 Å². The molecule has 4 rings (SSSR count). The highest BCUT2D eigenvalue weighted by Crippen LogP contribution is 2.30. The van der Waals surface area contributed by atoms with Gasteiger partial charge in [-0.25, -0.2) is 8.42 Å². The molecule has 0 bridgehead atoms. The van der Waals surface area contributed by atoms with E-state index in [0.29, 0.717) is 24.5 Å². The second kappa shape index (κ2) is 8.86. The highest BCUT2D eigenvalue weighted by Gasteiger charge is 2.34. The molecule has 2 aromatic rings. The van der Waals surface area contributed by atoms with Crippen LogP contribution in [0.25, 0.3) is 0 Å². The molecule has 2 aliphatic rings. The van der Waals surface area contributed by atoms with Gasteiger partial charge in [0.2, 0.25) is 5.91 Å². The van der Waals surface area contributed by atoms with Gasteiger partial charge in [0.1, 0.15) is 5.92 Å². The van der Waals surface area contributed by atoms with Crippen LogP contribution in [0.5, 0.6) is 0 Å². The van der Waals surface area contributed by atoms with E-state index in [1.54, 1.807) is 17.0 Å². The van der Waals surface area contributed by atoms with E-state index >= 15 is 0 Å². The second-order valence-corrected chi connectivity index (χ2v) is 10.2. The van der Waals surface area contributed by atoms with E-state index in [9.17, 15) is 18.0 Å². The van der Waals surface area contributed by atoms with Crippen molar-refractivity contribution in [2.45, 2.75) is 44.4 Å². The fourth-order valence-electron chi connectivity index (χ4n) is 4.29. The summed E-state index contributed by atoms with van der Waals surface area (Å²) < 4.78 is 28.5. The summed E-state index contributed by atoms with van der Waals surface area (Å²) in [7, 11) is -3.92. The highest BCUT2D eigenvalue weighted by atomic mass is 32.2. The Bertz CT molecular complexity index is 1180. The lowest BCUT2D eigenvalue weighted by Crippen LogP contribution is -2.41. The average molecular weight is 454 g/mol. The van der Waals surface area contributed by atoms with Crippen LogP contribution in [0.2, 0.25) is 0 Å². The Labute approximate surface area is 188 Å². The fraction of sp³-hybridized carbons (Fsp3) is 0.375. The van der Waals surface area contributed by atoms with Crippen LogP contribution < -0.4 is 4.72 Å². The molecule has 2 aromatic carbocycles. The van der Waals surface area contributed by atoms with E-state index in [4.69, 9.17) is 0 Å². The summed E-state index contributed by atoms with van der Waals surface area (Å²) in [5, 5.41) is 0. The van der Waals surface area contributed by atoms with Crippen molar-refractivity contribution in [1.29, 1.82) is 0 Å². The number of amides is 1. The lowest BCUT2D eigenvalue weighted by molar-refractivity contribution is -0.131. The summed E-state index contributed by atoms with van der Waals surface area (Å²) in [6.45, 7) is 5.05. The minimum atomic E-state index is -3.92. The van der Waals surface area contributed by atoms with Crippen LogP contribution in [-0.2, 0) is 14.8 Å². The van der Waals surface area contributed by atoms with Crippen LogP contribution in [0.1, 0.15) is 47.2 Å². The van der Waals surface area contributed by atoms with Crippen molar-refractivity contribution in [2.75, 3.05) is 17.8 Å². The lowest BCUT2D eigenvalue weighted by Gasteiger charge is -2.25. The number of nitrogens with one attached hydrogen (secondary N) is 1. The van der Waals surface area contributed by atoms with Gasteiger partial charge in [0.25, 0.3) is 10.0 Å². The number of sulfonamides is 1. The Kier molecular flexibility index (Phi) is 6.15. The number of Topliss-reactive ketones (excluding diaryl/α,β-unsaturated/α-hetero) is 1. The number of fused-ring (bicyclic) bond motifs is 1. The minimum Gasteiger partial charge on any atom is -0.342 e. The summed E-state index contributed by atoms with van der Waals surface area (Å²) in [5.41, 5.74) is 2.86. The van der Waals surface area contributed by atoms with E-state index in [-0.39, 0.29) is 16.4 Å². The number of hydrogen-bond acceptors (Lipinski definition) is 5. The average Bonchev–Trinajstić information content (AvgIpc) is 3.02. The number of anilines is 1. The number of likely N-dealkylation sites (tertiary alicyclic amines) is 1. The molecule has 0 aromatic heterocycles. The minimum absolute atomic E-state index is 0.0400. The molecule has 1 saturated heterocycles. The molecule has 1 unspecified atom stereocenters. The van der Waals surface area contributed by atoms with Gasteiger partial charge >= 0.3 is 0 Å². The van der Waals surface area contributed by atoms with Crippen LogP contribution in [0, 0.1) is 19.8 Å². The fourth-order valence-corrected chi connectivity index (χ4v) is 5.36. The van der Waals surface area contributed by atoms with Gasteiger partial charge in [-0.1, -0.05) is 18.9 Å². The van der Waals surface area contributed by atoms with Crippen molar-refractivity contribution >= 4 is 39.3 Å². The number of aryl methyl sites for hydroxylation is 2. The van der Waals surface area contributed by atoms with Gasteiger partial charge in [0.15, 0.2) is 5.78 Å². The van der Waals surface area contributed by atoms with Gasteiger partial charge in [-0.15, -0.1) is 0 Å². The van der Waals surface area contributed by atoms with E-state index < -0.39 is 21.7 Å². The molecule has 2 aliphatic heterocycles. The van der Waals surface area contributed by atoms with Crippen LogP contribution >= 0.6 is 0 Å². The van der Waals surface area contributed by atoms with E-state index in [1.807, 2.05) is 19.9 Å². The van der Waals surface area contributed by atoms with Crippen molar-refractivity contribution in [2.24, 2.45) is 10.9 Å². The second-order valence-electron chi connectivity index (χ2n) is 8.52. The molecule has 0 saturated carbocycles. The van der Waals surface area contributed by atoms with Crippen molar-refractivity contribution in [3.63, 3.8) is 0 Å². The first-order valence-electron chi connectivity index (χ1n) is 10.9. The Balaban J connectivity index is 1.60. The molecule has 0 aliphatic carbocycles. The van der Waals surface area contributed by atoms with Gasteiger partial charge in [0.05, 0.1) is 10.6 Å². The maximum atomic E-state index is 13.2. The number of nitrogens with zero attached hydrogens (tertiary/aromatic N) is 2. The molecule has 32 heavy (non-hydrogen) atoms. The van der Waals surface area contributed by atoms with Crippen LogP contribution in [0.3, 0.4) is 0 Å². The molecule has 0 radical (unpaired) electrons. The van der Waals surface area contributed by atoms with Crippen molar-refractivity contribution in [1.82, 2.24) is 4.90 Å². The van der Waals surface area contributed by atoms with Crippen LogP contribution in [-0.4, -0.2) is 44.3 Å². The van der Waals surface area contributed by atoms with Gasteiger partial charge < -0.3 is 4.90 Å². The van der Waals surface area contributed by atoms with Crippen molar-refractivity contribution in [3.05, 3.63) is 53.1 Å². The Morgan fingerprint density at radius 3 is 2.31 bits per heavy atom. The summed E-state index contributed by atoms with van der Waals surface area (Å²) in [6.07, 6.45) is 5.39. The molecule has 1 fully saturated rings. The van der Waals surface area contributed by atoms with Gasteiger partial charge in [-0.2, -0.15) is 0 Å². The van der Waals surface area contributed by atoms with Gasteiger partial charge in [0, 0.05) is 30.6 Å². The van der Waals surface area contributed by atoms with Crippen LogP contribution in [0.4, 0.5) is 11.4 Å². The molecular weight excluding hydrogens is 426 g/mol. The van der Waals surface area contributed by atoms with E-state index in [2.05, 4.69) is 9.71 Å². The number of hydrogen-bond donors (Lipinski definition) is 1. The van der Waals surface area contributed by atoms with E-state index in [0.717, 1.165) is 36.8 Å². The summed E-state index contributed by atoms with van der Waals surface area (Å²) in [5.74, 6) is -1.67. The largest absolute Gasteiger partial charge is 0.342 e. The normalized spacial score (nSPS) is 18.8. The maximum Gasteiger partial charge on any atom is 0.261 e. The number of rotatable bonds is 4. The third-order valence-electron chi connectivity index (χ3n) is 5.85. The zero-order valence-corrected chi connectivity index (χ0v) is 19.1. The number of carbonyl (C=O) groups is 2. The number of ketones is 1. The first-order chi connectivity index (χ1) is 15.2. The molecule has 2 heterocycles. The lowest BCUT2D eigenvalue weighted by atomic mass is 9.93. The zero-order valence-electron chi connectivity index (χ0n) is 18.3. The predicted molar refractivity (Wildman–Crippen MR) is 124 cm³/mol. The molecule has 8 heteroatoms. The SMILES string of the molecule is Cc1cc(C)cc(NS(=O)(=O)c2ccc3c(c2)C(=O)C(C(=O)N2CCCCCC2)C=N3)c1. The van der Waals surface area contributed by atoms with Gasteiger partial charge in [-0.05, 0) is 68.1 Å². The third kappa shape index (κ3) is 4.60. The molecule has 168 valence electrons. The monoisotopic (exact) mass is 453 g/mol. The number of aliphatic imine (C=N–C) groups is 1. The summed E-state index contributed by atoms with van der Waals surface area (Å²) >= 11 is 0. The predicted octanol–water partition coefficient (Wildman–Crippen LogP) is 4.02. The Hall–Kier alpha value is -3.00. The summed E-state index contributed by atoms with van der Waals surface area (Å²) in [6, 6.07) is 9.69. The first kappa shape index (κ1) is 22.2. The molecule has 1 atom stereocenters. The maximum absolute atomic E-state index is 13.2. The Morgan fingerprint density at radius 2 is 1.66 bits per heavy atom. The summed E-state index contributed by atoms with van der Waals surface area (Å²) in [4.78, 5) is 32.1. The zero-order chi connectivity index (χ0) is 22.9. The topological polar surface area (TPSA) is 95.9 Å². The van der Waals surface area contributed by atoms with E-state index in [1.165, 1.54) is 24.4 Å². The molecule has 7 nitrogen and oxygen atoms in total. The number of carbonyl (C=O) groups excluding carboxylic acids is 2. The molecule has 1 amide bonds. The molecule has 0 spiro atoms. The third-order valence-corrected chi connectivity index (χ3v) is 7.23. The highest BCUT2D eigenvalue weighted by molar-refractivity contribution is 7.92. The van der Waals surface area contributed by atoms with Crippen molar-refractivity contribution < 1.29 is 18.0 Å². The standard InChI is InChI=1S/C24H27N3O4S/c1-16-11-17(2)13-18(12-16)26-32(30,31)19-7-8-22-20(14-19)23(28)21(15-25-22)24(29)27-9-5-3-4-6-10-27/h7-8,11-15,21,26H,3-6,9-10H2,1-2H3.